The van der Waals surface area contributed by atoms with Crippen LogP contribution in [-0.2, 0) is 10.0 Å². The van der Waals surface area contributed by atoms with Gasteiger partial charge in [0.1, 0.15) is 0 Å². The molecule has 0 saturated carbocycles. The van der Waals surface area contributed by atoms with Crippen molar-refractivity contribution in [1.29, 1.82) is 0 Å². The number of nitrogens with zero attached hydrogens (tertiary/aromatic N) is 2. The van der Waals surface area contributed by atoms with Crippen LogP contribution in [0.3, 0.4) is 0 Å². The summed E-state index contributed by atoms with van der Waals surface area (Å²) in [5.74, 6) is 0.573. The molecule has 6 heteroatoms. The Bertz CT molecular complexity index is 688. The second-order valence-electron chi connectivity index (χ2n) is 6.54. The normalized spacial score (nSPS) is 16.6. The van der Waals surface area contributed by atoms with Crippen molar-refractivity contribution in [2.75, 3.05) is 26.2 Å². The van der Waals surface area contributed by atoms with Crippen molar-refractivity contribution in [3.8, 4) is 0 Å². The smallest absolute Gasteiger partial charge is 0.253 e. The molecule has 1 aliphatic rings. The van der Waals surface area contributed by atoms with Gasteiger partial charge in [0.25, 0.3) is 5.91 Å². The maximum atomic E-state index is 12.8. The standard InChI is InChI=1S/C18H28N2O3S/c1-5-20(6-2)24(22,23)17-13-16(8-7-15(17)4)18(21)19-11-9-14(3)10-12-19/h7-8,13-14H,5-6,9-12H2,1-4H3. The summed E-state index contributed by atoms with van der Waals surface area (Å²) >= 11 is 0. The summed E-state index contributed by atoms with van der Waals surface area (Å²) in [5, 5.41) is 0. The average Bonchev–Trinajstić information content (AvgIpc) is 2.56. The molecule has 5 nitrogen and oxygen atoms in total. The second-order valence-corrected chi connectivity index (χ2v) is 8.45. The van der Waals surface area contributed by atoms with Gasteiger partial charge in [-0.3, -0.25) is 4.79 Å². The quantitative estimate of drug-likeness (QED) is 0.819. The highest BCUT2D eigenvalue weighted by Crippen LogP contribution is 2.23. The molecule has 2 rings (SSSR count). The minimum Gasteiger partial charge on any atom is -0.339 e. The lowest BCUT2D eigenvalue weighted by Crippen LogP contribution is -2.38. The average molecular weight is 353 g/mol. The summed E-state index contributed by atoms with van der Waals surface area (Å²) in [4.78, 5) is 14.8. The molecule has 24 heavy (non-hydrogen) atoms. The van der Waals surface area contributed by atoms with Crippen molar-refractivity contribution in [1.82, 2.24) is 9.21 Å². The summed E-state index contributed by atoms with van der Waals surface area (Å²) in [6, 6.07) is 5.01. The fourth-order valence-electron chi connectivity index (χ4n) is 3.11. The highest BCUT2D eigenvalue weighted by Gasteiger charge is 2.26. The Kier molecular flexibility index (Phi) is 6.04. The third-order valence-corrected chi connectivity index (χ3v) is 7.02. The topological polar surface area (TPSA) is 57.7 Å². The van der Waals surface area contributed by atoms with Gasteiger partial charge in [-0.1, -0.05) is 26.8 Å². The number of sulfonamides is 1. The Labute approximate surface area is 145 Å². The molecule has 0 spiro atoms. The van der Waals surface area contributed by atoms with Gasteiger partial charge in [0.2, 0.25) is 10.0 Å². The van der Waals surface area contributed by atoms with Gasteiger partial charge in [-0.05, 0) is 43.4 Å². The van der Waals surface area contributed by atoms with E-state index in [-0.39, 0.29) is 10.8 Å². The monoisotopic (exact) mass is 352 g/mol. The van der Waals surface area contributed by atoms with E-state index in [4.69, 9.17) is 0 Å². The predicted molar refractivity (Wildman–Crippen MR) is 95.6 cm³/mol. The molecule has 0 aliphatic carbocycles. The number of likely N-dealkylation sites (tertiary alicyclic amines) is 1. The molecule has 0 radical (unpaired) electrons. The Balaban J connectivity index is 2.33. The summed E-state index contributed by atoms with van der Waals surface area (Å²) < 4.78 is 27.0. The van der Waals surface area contributed by atoms with Crippen LogP contribution in [-0.4, -0.2) is 49.7 Å². The summed E-state index contributed by atoms with van der Waals surface area (Å²) in [7, 11) is -3.56. The summed E-state index contributed by atoms with van der Waals surface area (Å²) in [6.45, 7) is 9.93. The molecule has 0 unspecified atom stereocenters. The SMILES string of the molecule is CCN(CC)S(=O)(=O)c1cc(C(=O)N2CCC(C)CC2)ccc1C. The van der Waals surface area contributed by atoms with Crippen molar-refractivity contribution in [3.63, 3.8) is 0 Å². The van der Waals surface area contributed by atoms with Gasteiger partial charge >= 0.3 is 0 Å². The number of benzene rings is 1. The molecule has 0 bridgehead atoms. The first-order chi connectivity index (χ1) is 11.3. The van der Waals surface area contributed by atoms with Gasteiger partial charge in [0, 0.05) is 31.7 Å². The molecule has 1 aromatic rings. The van der Waals surface area contributed by atoms with Crippen LogP contribution in [0.4, 0.5) is 0 Å². The molecule has 0 atom stereocenters. The number of rotatable bonds is 5. The van der Waals surface area contributed by atoms with Crippen molar-refractivity contribution in [2.45, 2.75) is 45.4 Å². The maximum absolute atomic E-state index is 12.8. The third kappa shape index (κ3) is 3.81. The minimum atomic E-state index is -3.56. The van der Waals surface area contributed by atoms with E-state index in [9.17, 15) is 13.2 Å². The largest absolute Gasteiger partial charge is 0.339 e. The number of amides is 1. The van der Waals surface area contributed by atoms with Crippen LogP contribution >= 0.6 is 0 Å². The predicted octanol–water partition coefficient (Wildman–Crippen LogP) is 2.90. The van der Waals surface area contributed by atoms with E-state index in [1.54, 1.807) is 25.1 Å². The molecule has 1 saturated heterocycles. The van der Waals surface area contributed by atoms with Crippen molar-refractivity contribution >= 4 is 15.9 Å². The summed E-state index contributed by atoms with van der Waals surface area (Å²) in [5.41, 5.74) is 1.13. The van der Waals surface area contributed by atoms with Crippen LogP contribution in [0, 0.1) is 12.8 Å². The van der Waals surface area contributed by atoms with Crippen LogP contribution in [0.15, 0.2) is 23.1 Å². The van der Waals surface area contributed by atoms with Crippen LogP contribution in [0.5, 0.6) is 0 Å². The molecule has 1 heterocycles. The van der Waals surface area contributed by atoms with E-state index in [2.05, 4.69) is 6.92 Å². The molecular formula is C18H28N2O3S. The van der Waals surface area contributed by atoms with Crippen LogP contribution in [0.1, 0.15) is 49.5 Å². The lowest BCUT2D eigenvalue weighted by atomic mass is 9.98. The van der Waals surface area contributed by atoms with E-state index in [0.29, 0.717) is 30.1 Å². The summed E-state index contributed by atoms with van der Waals surface area (Å²) in [6.07, 6.45) is 2.00. The molecule has 1 amide bonds. The molecule has 1 fully saturated rings. The van der Waals surface area contributed by atoms with Crippen LogP contribution in [0.25, 0.3) is 0 Å². The fourth-order valence-corrected chi connectivity index (χ4v) is 4.82. The van der Waals surface area contributed by atoms with Gasteiger partial charge in [0.15, 0.2) is 0 Å². The minimum absolute atomic E-state index is 0.0714. The zero-order chi connectivity index (χ0) is 17.9. The number of carbonyl (C=O) groups excluding carboxylic acids is 1. The fraction of sp³-hybridized carbons (Fsp3) is 0.611. The van der Waals surface area contributed by atoms with Gasteiger partial charge in [-0.15, -0.1) is 0 Å². The Hall–Kier alpha value is -1.40. The Morgan fingerprint density at radius 2 is 1.79 bits per heavy atom. The number of piperidine rings is 1. The van der Waals surface area contributed by atoms with E-state index in [1.807, 2.05) is 18.7 Å². The maximum Gasteiger partial charge on any atom is 0.253 e. The highest BCUT2D eigenvalue weighted by atomic mass is 32.2. The number of hydrogen-bond acceptors (Lipinski definition) is 3. The number of hydrogen-bond donors (Lipinski definition) is 0. The molecule has 0 N–H and O–H groups in total. The van der Waals surface area contributed by atoms with E-state index in [1.165, 1.54) is 4.31 Å². The van der Waals surface area contributed by atoms with Crippen LogP contribution < -0.4 is 0 Å². The van der Waals surface area contributed by atoms with Gasteiger partial charge in [-0.25, -0.2) is 8.42 Å². The molecule has 134 valence electrons. The zero-order valence-electron chi connectivity index (χ0n) is 15.1. The third-order valence-electron chi connectivity index (χ3n) is 4.83. The lowest BCUT2D eigenvalue weighted by molar-refractivity contribution is 0.0697. The molecule has 1 aliphatic heterocycles. The van der Waals surface area contributed by atoms with Gasteiger partial charge < -0.3 is 4.90 Å². The van der Waals surface area contributed by atoms with Crippen molar-refractivity contribution < 1.29 is 13.2 Å². The van der Waals surface area contributed by atoms with Gasteiger partial charge in [-0.2, -0.15) is 4.31 Å². The van der Waals surface area contributed by atoms with Crippen molar-refractivity contribution in [3.05, 3.63) is 29.3 Å². The van der Waals surface area contributed by atoms with E-state index >= 15 is 0 Å². The molecule has 0 aromatic heterocycles. The first kappa shape index (κ1) is 18.9. The highest BCUT2D eigenvalue weighted by molar-refractivity contribution is 7.89. The van der Waals surface area contributed by atoms with Crippen LogP contribution in [0.2, 0.25) is 0 Å². The lowest BCUT2D eigenvalue weighted by Gasteiger charge is -2.30. The molecule has 1 aromatic carbocycles. The second kappa shape index (κ2) is 7.66. The first-order valence-corrected chi connectivity index (χ1v) is 10.1. The Morgan fingerprint density at radius 1 is 1.21 bits per heavy atom. The van der Waals surface area contributed by atoms with E-state index in [0.717, 1.165) is 25.9 Å². The van der Waals surface area contributed by atoms with E-state index < -0.39 is 10.0 Å². The molecular weight excluding hydrogens is 324 g/mol. The van der Waals surface area contributed by atoms with Gasteiger partial charge in [0.05, 0.1) is 4.90 Å². The first-order valence-electron chi connectivity index (χ1n) is 8.71. The van der Waals surface area contributed by atoms with Crippen molar-refractivity contribution in [2.24, 2.45) is 5.92 Å². The number of aryl methyl sites for hydroxylation is 1. The zero-order valence-corrected chi connectivity index (χ0v) is 15.9. The number of carbonyl (C=O) groups is 1. The Morgan fingerprint density at radius 3 is 2.33 bits per heavy atom.